The standard InChI is InChI=1S/C9H9ClN4O3/c10-9-12-6(5-3-1-2-4-17-5)7(14(15)16)8(11)13-9/h1-2,5H,3-4H2,(H2,11,12,13). The lowest BCUT2D eigenvalue weighted by Gasteiger charge is -2.18. The Hall–Kier alpha value is -1.73. The third-order valence-electron chi connectivity index (χ3n) is 2.31. The topological polar surface area (TPSA) is 104 Å². The molecule has 1 aromatic rings. The van der Waals surface area contributed by atoms with Crippen molar-refractivity contribution in [2.75, 3.05) is 12.3 Å². The smallest absolute Gasteiger partial charge is 0.335 e. The summed E-state index contributed by atoms with van der Waals surface area (Å²) >= 11 is 5.65. The first-order valence-corrected chi connectivity index (χ1v) is 5.21. The van der Waals surface area contributed by atoms with E-state index in [2.05, 4.69) is 9.97 Å². The van der Waals surface area contributed by atoms with Gasteiger partial charge in [0, 0.05) is 0 Å². The number of aromatic nitrogens is 2. The molecule has 0 amide bonds. The Morgan fingerprint density at radius 1 is 1.53 bits per heavy atom. The highest BCUT2D eigenvalue weighted by atomic mass is 35.5. The predicted molar refractivity (Wildman–Crippen MR) is 60.6 cm³/mol. The van der Waals surface area contributed by atoms with Gasteiger partial charge >= 0.3 is 5.69 Å². The maximum atomic E-state index is 10.9. The average molecular weight is 257 g/mol. The molecule has 0 fully saturated rings. The number of rotatable bonds is 2. The minimum absolute atomic E-state index is 0.122. The third kappa shape index (κ3) is 2.34. The lowest BCUT2D eigenvalue weighted by Crippen LogP contribution is -2.14. The van der Waals surface area contributed by atoms with Gasteiger partial charge in [0.25, 0.3) is 0 Å². The van der Waals surface area contributed by atoms with E-state index in [4.69, 9.17) is 22.1 Å². The van der Waals surface area contributed by atoms with Crippen LogP contribution in [0.3, 0.4) is 0 Å². The molecule has 1 atom stereocenters. The van der Waals surface area contributed by atoms with Crippen LogP contribution in [0.1, 0.15) is 18.2 Å². The number of nitro groups is 1. The maximum absolute atomic E-state index is 10.9. The second-order valence-electron chi connectivity index (χ2n) is 3.40. The van der Waals surface area contributed by atoms with Gasteiger partial charge in [-0.3, -0.25) is 10.1 Å². The Balaban J connectivity index is 2.50. The molecule has 0 saturated carbocycles. The summed E-state index contributed by atoms with van der Waals surface area (Å²) in [7, 11) is 0. The Kier molecular flexibility index (Phi) is 3.21. The maximum Gasteiger partial charge on any atom is 0.335 e. The number of ether oxygens (including phenoxy) is 1. The summed E-state index contributed by atoms with van der Waals surface area (Å²) in [6, 6.07) is 0. The fourth-order valence-electron chi connectivity index (χ4n) is 1.59. The number of nitrogens with zero attached hydrogens (tertiary/aromatic N) is 3. The Morgan fingerprint density at radius 3 is 2.88 bits per heavy atom. The molecule has 17 heavy (non-hydrogen) atoms. The van der Waals surface area contributed by atoms with Gasteiger partial charge in [0.05, 0.1) is 11.5 Å². The highest BCUT2D eigenvalue weighted by molar-refractivity contribution is 6.28. The first kappa shape index (κ1) is 11.7. The Labute approximate surface area is 101 Å². The van der Waals surface area contributed by atoms with Crippen LogP contribution in [0.15, 0.2) is 12.2 Å². The van der Waals surface area contributed by atoms with Crippen LogP contribution in [0, 0.1) is 10.1 Å². The molecule has 7 nitrogen and oxygen atoms in total. The van der Waals surface area contributed by atoms with Crippen LogP contribution in [0.4, 0.5) is 11.5 Å². The molecule has 8 heteroatoms. The van der Waals surface area contributed by atoms with Crippen molar-refractivity contribution in [1.29, 1.82) is 0 Å². The van der Waals surface area contributed by atoms with E-state index >= 15 is 0 Å². The predicted octanol–water partition coefficient (Wildman–Crippen LogP) is 1.64. The SMILES string of the molecule is Nc1nc(Cl)nc(C2CC=CCO2)c1[N+](=O)[O-]. The van der Waals surface area contributed by atoms with Crippen LogP contribution in [-0.2, 0) is 4.74 Å². The molecular weight excluding hydrogens is 248 g/mol. The molecule has 1 aromatic heterocycles. The number of anilines is 1. The van der Waals surface area contributed by atoms with Crippen molar-refractivity contribution in [3.05, 3.63) is 33.2 Å². The lowest BCUT2D eigenvalue weighted by atomic mass is 10.1. The zero-order chi connectivity index (χ0) is 12.4. The fraction of sp³-hybridized carbons (Fsp3) is 0.333. The number of halogens is 1. The minimum Gasteiger partial charge on any atom is -0.378 e. The van der Waals surface area contributed by atoms with Gasteiger partial charge in [-0.05, 0) is 18.0 Å². The molecule has 90 valence electrons. The van der Waals surface area contributed by atoms with E-state index in [1.54, 1.807) is 0 Å². The molecule has 2 N–H and O–H groups in total. The van der Waals surface area contributed by atoms with Crippen LogP contribution >= 0.6 is 11.6 Å². The number of hydrogen-bond donors (Lipinski definition) is 1. The van der Waals surface area contributed by atoms with Gasteiger partial charge < -0.3 is 10.5 Å². The van der Waals surface area contributed by atoms with E-state index in [9.17, 15) is 10.1 Å². The van der Waals surface area contributed by atoms with Crippen molar-refractivity contribution in [1.82, 2.24) is 9.97 Å². The highest BCUT2D eigenvalue weighted by Gasteiger charge is 2.29. The van der Waals surface area contributed by atoms with Crippen molar-refractivity contribution in [2.45, 2.75) is 12.5 Å². The van der Waals surface area contributed by atoms with Crippen molar-refractivity contribution in [2.24, 2.45) is 0 Å². The minimum atomic E-state index is -0.622. The van der Waals surface area contributed by atoms with Gasteiger partial charge in [0.2, 0.25) is 11.1 Å². The first-order valence-electron chi connectivity index (χ1n) is 4.83. The van der Waals surface area contributed by atoms with Crippen LogP contribution in [0.2, 0.25) is 5.28 Å². The Bertz CT molecular complexity index is 491. The van der Waals surface area contributed by atoms with Crippen molar-refractivity contribution >= 4 is 23.1 Å². The molecular formula is C9H9ClN4O3. The van der Waals surface area contributed by atoms with E-state index in [-0.39, 0.29) is 22.5 Å². The second-order valence-corrected chi connectivity index (χ2v) is 3.74. The monoisotopic (exact) mass is 256 g/mol. The summed E-state index contributed by atoms with van der Waals surface area (Å²) in [6.07, 6.45) is 3.68. The largest absolute Gasteiger partial charge is 0.378 e. The molecule has 1 aliphatic rings. The zero-order valence-electron chi connectivity index (χ0n) is 8.67. The normalized spacial score (nSPS) is 19.2. The van der Waals surface area contributed by atoms with Crippen molar-refractivity contribution < 1.29 is 9.66 Å². The van der Waals surface area contributed by atoms with Gasteiger partial charge in [-0.25, -0.2) is 4.98 Å². The first-order chi connectivity index (χ1) is 8.09. The van der Waals surface area contributed by atoms with Gasteiger partial charge in [0.1, 0.15) is 6.10 Å². The van der Waals surface area contributed by atoms with Crippen LogP contribution < -0.4 is 5.73 Å². The van der Waals surface area contributed by atoms with Crippen LogP contribution in [0.25, 0.3) is 0 Å². The number of hydrogen-bond acceptors (Lipinski definition) is 6. The summed E-state index contributed by atoms with van der Waals surface area (Å²) in [5, 5.41) is 10.8. The van der Waals surface area contributed by atoms with E-state index in [0.717, 1.165) is 0 Å². The Morgan fingerprint density at radius 2 is 2.29 bits per heavy atom. The van der Waals surface area contributed by atoms with Crippen LogP contribution in [0.5, 0.6) is 0 Å². The number of nitrogen functional groups attached to an aromatic ring is 1. The number of nitrogens with two attached hydrogens (primary N) is 1. The van der Waals surface area contributed by atoms with Gasteiger partial charge in [-0.1, -0.05) is 12.2 Å². The molecule has 0 spiro atoms. The van der Waals surface area contributed by atoms with E-state index in [1.807, 2.05) is 12.2 Å². The second kappa shape index (κ2) is 4.64. The summed E-state index contributed by atoms with van der Waals surface area (Å²) in [5.74, 6) is -0.247. The van der Waals surface area contributed by atoms with Crippen molar-refractivity contribution in [3.63, 3.8) is 0 Å². The quantitative estimate of drug-likeness (QED) is 0.373. The molecule has 0 aliphatic carbocycles. The van der Waals surface area contributed by atoms with Gasteiger partial charge in [-0.2, -0.15) is 4.98 Å². The molecule has 1 unspecified atom stereocenters. The summed E-state index contributed by atoms with van der Waals surface area (Å²) in [6.45, 7) is 0.378. The average Bonchev–Trinajstić information content (AvgIpc) is 2.28. The molecule has 0 bridgehead atoms. The lowest BCUT2D eigenvalue weighted by molar-refractivity contribution is -0.385. The molecule has 0 radical (unpaired) electrons. The molecule has 2 heterocycles. The van der Waals surface area contributed by atoms with E-state index < -0.39 is 11.0 Å². The zero-order valence-corrected chi connectivity index (χ0v) is 9.42. The molecule has 0 aromatic carbocycles. The summed E-state index contributed by atoms with van der Waals surface area (Å²) < 4.78 is 5.37. The van der Waals surface area contributed by atoms with E-state index in [0.29, 0.717) is 13.0 Å². The fourth-order valence-corrected chi connectivity index (χ4v) is 1.77. The third-order valence-corrected chi connectivity index (χ3v) is 2.48. The van der Waals surface area contributed by atoms with Crippen molar-refractivity contribution in [3.8, 4) is 0 Å². The highest BCUT2D eigenvalue weighted by Crippen LogP contribution is 2.34. The molecule has 0 saturated heterocycles. The van der Waals surface area contributed by atoms with E-state index in [1.165, 1.54) is 0 Å². The van der Waals surface area contributed by atoms with Gasteiger partial charge in [-0.15, -0.1) is 0 Å². The summed E-state index contributed by atoms with van der Waals surface area (Å²) in [4.78, 5) is 17.7. The molecule has 2 rings (SSSR count). The summed E-state index contributed by atoms with van der Waals surface area (Å²) in [5.41, 5.74) is 5.26. The molecule has 1 aliphatic heterocycles. The van der Waals surface area contributed by atoms with Gasteiger partial charge in [0.15, 0.2) is 5.69 Å². The van der Waals surface area contributed by atoms with Crippen LogP contribution in [-0.4, -0.2) is 21.5 Å².